The zero-order valence-corrected chi connectivity index (χ0v) is 16.1. The first-order chi connectivity index (χ1) is 14.2. The van der Waals surface area contributed by atoms with Crippen LogP contribution < -0.4 is 14.9 Å². The number of hydrogen-bond donors (Lipinski definition) is 2. The van der Waals surface area contributed by atoms with E-state index in [-0.39, 0.29) is 5.91 Å². The van der Waals surface area contributed by atoms with Crippen LogP contribution in [0.25, 0.3) is 0 Å². The predicted octanol–water partition coefficient (Wildman–Crippen LogP) is 3.25. The van der Waals surface area contributed by atoms with Gasteiger partial charge in [0.05, 0.1) is 13.3 Å². The van der Waals surface area contributed by atoms with Crippen LogP contribution in [0.5, 0.6) is 11.5 Å². The number of rotatable bonds is 7. The van der Waals surface area contributed by atoms with Crippen molar-refractivity contribution >= 4 is 12.1 Å². The van der Waals surface area contributed by atoms with Gasteiger partial charge in [0.15, 0.2) is 17.2 Å². The monoisotopic (exact) mass is 390 g/mol. The van der Waals surface area contributed by atoms with Crippen molar-refractivity contribution in [2.75, 3.05) is 7.11 Å². The van der Waals surface area contributed by atoms with E-state index in [1.165, 1.54) is 0 Å². The van der Waals surface area contributed by atoms with Crippen LogP contribution in [0.1, 0.15) is 39.3 Å². The number of fused-ring (bicyclic) bond motifs is 1. The molecule has 1 heterocycles. The number of aromatic amines is 1. The van der Waals surface area contributed by atoms with Gasteiger partial charge in [0.25, 0.3) is 5.91 Å². The Kier molecular flexibility index (Phi) is 5.56. The normalized spacial score (nSPS) is 12.7. The standard InChI is InChI=1S/C22H22N4O3/c1-28-19-11-10-16(12-20(19)29-14-15-6-3-2-4-7-15)13-23-26-22(27)21-17-8-5-9-18(17)24-25-21/h2-4,6-7,10-13H,5,8-9,14H2,1H3,(H,24,25)(H,26,27). The van der Waals surface area contributed by atoms with E-state index in [9.17, 15) is 4.79 Å². The molecule has 0 saturated carbocycles. The number of nitrogens with zero attached hydrogens (tertiary/aromatic N) is 2. The number of hydrazone groups is 1. The highest BCUT2D eigenvalue weighted by atomic mass is 16.5. The Hall–Kier alpha value is -3.61. The summed E-state index contributed by atoms with van der Waals surface area (Å²) in [6.07, 6.45) is 4.43. The van der Waals surface area contributed by atoms with Gasteiger partial charge in [-0.1, -0.05) is 30.3 Å². The van der Waals surface area contributed by atoms with Crippen LogP contribution >= 0.6 is 0 Å². The first kappa shape index (κ1) is 18.7. The molecule has 29 heavy (non-hydrogen) atoms. The fraction of sp³-hybridized carbons (Fsp3) is 0.227. The second kappa shape index (κ2) is 8.60. The average Bonchev–Trinajstić information content (AvgIpc) is 3.37. The third-order valence-electron chi connectivity index (χ3n) is 4.83. The molecule has 0 aliphatic heterocycles. The predicted molar refractivity (Wildman–Crippen MR) is 109 cm³/mol. The smallest absolute Gasteiger partial charge is 0.292 e. The molecule has 0 bridgehead atoms. The quantitative estimate of drug-likeness (QED) is 0.479. The minimum atomic E-state index is -0.310. The second-order valence-electron chi connectivity index (χ2n) is 6.77. The van der Waals surface area contributed by atoms with Gasteiger partial charge in [0.2, 0.25) is 0 Å². The van der Waals surface area contributed by atoms with E-state index in [2.05, 4.69) is 20.7 Å². The molecule has 0 atom stereocenters. The van der Waals surface area contributed by atoms with Gasteiger partial charge in [-0.15, -0.1) is 0 Å². The maximum Gasteiger partial charge on any atom is 0.292 e. The number of hydrogen-bond acceptors (Lipinski definition) is 5. The van der Waals surface area contributed by atoms with E-state index in [0.717, 1.165) is 41.6 Å². The maximum absolute atomic E-state index is 12.3. The first-order valence-electron chi connectivity index (χ1n) is 9.49. The first-order valence-corrected chi connectivity index (χ1v) is 9.49. The van der Waals surface area contributed by atoms with E-state index in [4.69, 9.17) is 9.47 Å². The van der Waals surface area contributed by atoms with Crippen molar-refractivity contribution in [1.82, 2.24) is 15.6 Å². The minimum Gasteiger partial charge on any atom is -0.493 e. The zero-order valence-electron chi connectivity index (χ0n) is 16.1. The molecular weight excluding hydrogens is 368 g/mol. The highest BCUT2D eigenvalue weighted by Gasteiger charge is 2.22. The lowest BCUT2D eigenvalue weighted by Crippen LogP contribution is -2.19. The number of ether oxygens (including phenoxy) is 2. The van der Waals surface area contributed by atoms with Crippen molar-refractivity contribution in [1.29, 1.82) is 0 Å². The summed E-state index contributed by atoms with van der Waals surface area (Å²) < 4.78 is 11.3. The molecule has 7 heteroatoms. The molecule has 148 valence electrons. The van der Waals surface area contributed by atoms with Crippen LogP contribution in [0, 0.1) is 0 Å². The van der Waals surface area contributed by atoms with Crippen LogP contribution in [0.3, 0.4) is 0 Å². The summed E-state index contributed by atoms with van der Waals surface area (Å²) in [7, 11) is 1.60. The van der Waals surface area contributed by atoms with Crippen molar-refractivity contribution in [2.24, 2.45) is 5.10 Å². The zero-order chi connectivity index (χ0) is 20.1. The Morgan fingerprint density at radius 1 is 1.21 bits per heavy atom. The summed E-state index contributed by atoms with van der Waals surface area (Å²) in [5, 5.41) is 11.1. The molecule has 0 spiro atoms. The number of benzene rings is 2. The van der Waals surface area contributed by atoms with Crippen molar-refractivity contribution in [3.05, 3.63) is 76.6 Å². The largest absolute Gasteiger partial charge is 0.493 e. The molecule has 2 aromatic carbocycles. The van der Waals surface area contributed by atoms with Crippen LogP contribution in [0.4, 0.5) is 0 Å². The Morgan fingerprint density at radius 3 is 2.90 bits per heavy atom. The van der Waals surface area contributed by atoms with Gasteiger partial charge in [-0.25, -0.2) is 5.43 Å². The Balaban J connectivity index is 1.42. The van der Waals surface area contributed by atoms with E-state index in [1.807, 2.05) is 48.5 Å². The molecule has 0 radical (unpaired) electrons. The summed E-state index contributed by atoms with van der Waals surface area (Å²) in [6.45, 7) is 0.429. The van der Waals surface area contributed by atoms with Gasteiger partial charge < -0.3 is 9.47 Å². The molecule has 0 saturated heterocycles. The van der Waals surface area contributed by atoms with Crippen molar-refractivity contribution in [2.45, 2.75) is 25.9 Å². The van der Waals surface area contributed by atoms with Crippen LogP contribution in [-0.4, -0.2) is 29.4 Å². The molecule has 0 unspecified atom stereocenters. The number of aromatic nitrogens is 2. The molecule has 0 fully saturated rings. The summed E-state index contributed by atoms with van der Waals surface area (Å²) >= 11 is 0. The Labute approximate surface area is 168 Å². The number of aryl methyl sites for hydroxylation is 1. The van der Waals surface area contributed by atoms with Crippen molar-refractivity contribution in [3.63, 3.8) is 0 Å². The maximum atomic E-state index is 12.3. The van der Waals surface area contributed by atoms with Gasteiger partial charge in [0.1, 0.15) is 6.61 Å². The van der Waals surface area contributed by atoms with Crippen LogP contribution in [-0.2, 0) is 19.4 Å². The van der Waals surface area contributed by atoms with Crippen molar-refractivity contribution < 1.29 is 14.3 Å². The minimum absolute atomic E-state index is 0.310. The van der Waals surface area contributed by atoms with E-state index >= 15 is 0 Å². The summed E-state index contributed by atoms with van der Waals surface area (Å²) in [5.74, 6) is 0.931. The van der Waals surface area contributed by atoms with Gasteiger partial charge in [-0.3, -0.25) is 9.89 Å². The van der Waals surface area contributed by atoms with Gasteiger partial charge in [0, 0.05) is 11.3 Å². The molecule has 3 aromatic rings. The fourth-order valence-electron chi connectivity index (χ4n) is 3.35. The molecule has 7 nitrogen and oxygen atoms in total. The second-order valence-corrected chi connectivity index (χ2v) is 6.77. The summed E-state index contributed by atoms with van der Waals surface area (Å²) in [4.78, 5) is 12.3. The van der Waals surface area contributed by atoms with Crippen LogP contribution in [0.2, 0.25) is 0 Å². The van der Waals surface area contributed by atoms with Gasteiger partial charge in [-0.2, -0.15) is 10.2 Å². The Morgan fingerprint density at radius 2 is 2.07 bits per heavy atom. The average molecular weight is 390 g/mol. The lowest BCUT2D eigenvalue weighted by atomic mass is 10.2. The summed E-state index contributed by atoms with van der Waals surface area (Å²) in [5.41, 5.74) is 6.86. The number of methoxy groups -OCH3 is 1. The molecule has 4 rings (SSSR count). The van der Waals surface area contributed by atoms with Gasteiger partial charge in [-0.05, 0) is 48.6 Å². The molecule has 1 aliphatic carbocycles. The Bertz CT molecular complexity index is 1030. The number of nitrogens with one attached hydrogen (secondary N) is 2. The number of H-pyrrole nitrogens is 1. The lowest BCUT2D eigenvalue weighted by Gasteiger charge is -2.11. The van der Waals surface area contributed by atoms with E-state index in [0.29, 0.717) is 23.8 Å². The lowest BCUT2D eigenvalue weighted by molar-refractivity contribution is 0.0949. The van der Waals surface area contributed by atoms with E-state index in [1.54, 1.807) is 13.3 Å². The SMILES string of the molecule is COc1ccc(C=NNC(=O)c2n[nH]c3c2CCC3)cc1OCc1ccccc1. The number of carbonyl (C=O) groups excluding carboxylic acids is 1. The third-order valence-corrected chi connectivity index (χ3v) is 4.83. The topological polar surface area (TPSA) is 88.6 Å². The van der Waals surface area contributed by atoms with Crippen LogP contribution in [0.15, 0.2) is 53.6 Å². The summed E-state index contributed by atoms with van der Waals surface area (Å²) in [6, 6.07) is 15.4. The fourth-order valence-corrected chi connectivity index (χ4v) is 3.35. The molecular formula is C22H22N4O3. The number of carbonyl (C=O) groups is 1. The molecule has 1 aliphatic rings. The molecule has 1 amide bonds. The van der Waals surface area contributed by atoms with Gasteiger partial charge >= 0.3 is 0 Å². The van der Waals surface area contributed by atoms with E-state index < -0.39 is 0 Å². The highest BCUT2D eigenvalue weighted by Crippen LogP contribution is 2.28. The molecule has 2 N–H and O–H groups in total. The number of amides is 1. The third kappa shape index (κ3) is 4.29. The highest BCUT2D eigenvalue weighted by molar-refractivity contribution is 5.94. The molecule has 1 aromatic heterocycles. The van der Waals surface area contributed by atoms with Crippen molar-refractivity contribution in [3.8, 4) is 11.5 Å².